The molecule has 1 heterocycles. The summed E-state index contributed by atoms with van der Waals surface area (Å²) in [7, 11) is 1.26. The average molecular weight is 420 g/mol. The Morgan fingerprint density at radius 2 is 1.39 bits per heavy atom. The number of Topliss-reactive ketones (excluding diaryl/α,β-unsaturated/α-hetero) is 1. The third kappa shape index (κ3) is 4.11. The van der Waals surface area contributed by atoms with Gasteiger partial charge in [0.15, 0.2) is 11.9 Å². The zero-order valence-electron chi connectivity index (χ0n) is 17.3. The Bertz CT molecular complexity index is 981. The summed E-state index contributed by atoms with van der Waals surface area (Å²) in [6.45, 7) is 1.77. The first-order chi connectivity index (χ1) is 15.0. The van der Waals surface area contributed by atoms with Gasteiger partial charge in [0.25, 0.3) is 0 Å². The van der Waals surface area contributed by atoms with Crippen molar-refractivity contribution in [2.75, 3.05) is 7.11 Å². The van der Waals surface area contributed by atoms with Crippen molar-refractivity contribution in [3.63, 3.8) is 0 Å². The number of hydrogen-bond acceptors (Lipinski definition) is 6. The van der Waals surface area contributed by atoms with Crippen LogP contribution in [0.4, 0.5) is 0 Å². The van der Waals surface area contributed by atoms with Crippen LogP contribution in [0.5, 0.6) is 0 Å². The number of aliphatic hydroxyl groups is 2. The molecule has 1 aliphatic carbocycles. The summed E-state index contributed by atoms with van der Waals surface area (Å²) in [5.41, 5.74) is 3.11. The lowest BCUT2D eigenvalue weighted by atomic mass is 9.89. The molecule has 6 nitrogen and oxygen atoms in total. The Morgan fingerprint density at radius 1 is 0.871 bits per heavy atom. The van der Waals surface area contributed by atoms with Gasteiger partial charge < -0.3 is 14.9 Å². The van der Waals surface area contributed by atoms with Crippen LogP contribution in [-0.2, 0) is 19.3 Å². The summed E-state index contributed by atoms with van der Waals surface area (Å²) in [4.78, 5) is 22.4. The molecule has 0 saturated heterocycles. The highest BCUT2D eigenvalue weighted by Crippen LogP contribution is 2.38. The maximum atomic E-state index is 12.9. The number of carbonyl (C=O) groups excluding carboxylic acids is 1. The molecule has 2 aromatic rings. The first kappa shape index (κ1) is 21.2. The molecule has 0 amide bonds. The molecular formula is C25H24O6. The van der Waals surface area contributed by atoms with Crippen LogP contribution in [0.3, 0.4) is 0 Å². The predicted molar refractivity (Wildman–Crippen MR) is 115 cm³/mol. The molecule has 1 aliphatic heterocycles. The highest BCUT2D eigenvalue weighted by molar-refractivity contribution is 5.92. The molecule has 160 valence electrons. The van der Waals surface area contributed by atoms with E-state index in [0.29, 0.717) is 17.1 Å². The number of carbonyl (C=O) groups is 1. The van der Waals surface area contributed by atoms with E-state index in [4.69, 9.17) is 9.62 Å². The van der Waals surface area contributed by atoms with Crippen molar-refractivity contribution in [3.05, 3.63) is 95.1 Å². The van der Waals surface area contributed by atoms with Crippen LogP contribution in [0.15, 0.2) is 84.0 Å². The van der Waals surface area contributed by atoms with E-state index in [1.807, 2.05) is 72.8 Å². The van der Waals surface area contributed by atoms with Gasteiger partial charge in [0.05, 0.1) is 19.1 Å². The molecule has 0 aromatic heterocycles. The summed E-state index contributed by atoms with van der Waals surface area (Å²) >= 11 is 0. The number of aliphatic hydroxyl groups excluding tert-OH is 2. The Morgan fingerprint density at radius 3 is 1.87 bits per heavy atom. The minimum Gasteiger partial charge on any atom is -0.456 e. The van der Waals surface area contributed by atoms with Crippen molar-refractivity contribution in [2.45, 2.75) is 25.2 Å². The van der Waals surface area contributed by atoms with Gasteiger partial charge in [-0.1, -0.05) is 66.2 Å². The summed E-state index contributed by atoms with van der Waals surface area (Å²) < 4.78 is 6.18. The van der Waals surface area contributed by atoms with E-state index in [-0.39, 0.29) is 0 Å². The van der Waals surface area contributed by atoms with Crippen LogP contribution in [0.2, 0.25) is 0 Å². The number of allylic oxidation sites excluding steroid dienone is 3. The highest BCUT2D eigenvalue weighted by Gasteiger charge is 2.51. The SMILES string of the molecule is COOC1C(=O)C(C(C)=C2C=C(c3ccccc3)OC(c3ccccc3)=C2)C(O)C1O. The predicted octanol–water partition coefficient (Wildman–Crippen LogP) is 3.28. The van der Waals surface area contributed by atoms with Gasteiger partial charge in [0.1, 0.15) is 17.6 Å². The van der Waals surface area contributed by atoms with Gasteiger partial charge in [-0.25, -0.2) is 9.78 Å². The smallest absolute Gasteiger partial charge is 0.180 e. The fourth-order valence-electron chi connectivity index (χ4n) is 3.97. The molecule has 0 spiro atoms. The van der Waals surface area contributed by atoms with E-state index in [9.17, 15) is 15.0 Å². The molecule has 2 aliphatic rings. The summed E-state index contributed by atoms with van der Waals surface area (Å²) in [5.74, 6) is -0.101. The topological polar surface area (TPSA) is 85.2 Å². The van der Waals surface area contributed by atoms with Crippen LogP contribution in [0.25, 0.3) is 11.5 Å². The molecule has 31 heavy (non-hydrogen) atoms. The van der Waals surface area contributed by atoms with E-state index in [1.54, 1.807) is 6.92 Å². The molecule has 2 N–H and O–H groups in total. The lowest BCUT2D eigenvalue weighted by molar-refractivity contribution is -0.309. The summed E-state index contributed by atoms with van der Waals surface area (Å²) in [6.07, 6.45) is -0.231. The first-order valence-corrected chi connectivity index (χ1v) is 10.0. The van der Waals surface area contributed by atoms with Crippen molar-refractivity contribution in [1.82, 2.24) is 0 Å². The summed E-state index contributed by atoms with van der Waals surface area (Å²) in [5, 5.41) is 20.9. The second kappa shape index (κ2) is 8.99. The standard InChI is InChI=1S/C25H24O6/c1-15(21-22(26)24(28)25(23(21)27)31-29-2)18-13-19(16-9-5-3-6-10-16)30-20(14-18)17-11-7-4-8-12-17/h3-14,21-22,24-26,28H,1-2H3. The molecule has 0 bridgehead atoms. The van der Waals surface area contributed by atoms with Gasteiger partial charge in [0, 0.05) is 11.1 Å². The summed E-state index contributed by atoms with van der Waals surface area (Å²) in [6, 6.07) is 19.3. The minimum atomic E-state index is -1.37. The van der Waals surface area contributed by atoms with Crippen molar-refractivity contribution >= 4 is 17.3 Å². The molecule has 0 radical (unpaired) electrons. The van der Waals surface area contributed by atoms with E-state index in [1.165, 1.54) is 7.11 Å². The van der Waals surface area contributed by atoms with Crippen LogP contribution in [0.1, 0.15) is 18.1 Å². The van der Waals surface area contributed by atoms with Crippen molar-refractivity contribution in [2.24, 2.45) is 5.92 Å². The van der Waals surface area contributed by atoms with Crippen molar-refractivity contribution in [1.29, 1.82) is 0 Å². The Balaban J connectivity index is 1.80. The molecule has 1 saturated carbocycles. The van der Waals surface area contributed by atoms with E-state index >= 15 is 0 Å². The number of benzene rings is 2. The van der Waals surface area contributed by atoms with Gasteiger partial charge in [-0.15, -0.1) is 0 Å². The zero-order valence-corrected chi connectivity index (χ0v) is 17.3. The molecule has 1 fully saturated rings. The van der Waals surface area contributed by atoms with Gasteiger partial charge in [-0.2, -0.15) is 0 Å². The average Bonchev–Trinajstić information content (AvgIpc) is 3.03. The maximum absolute atomic E-state index is 12.9. The lowest BCUT2D eigenvalue weighted by Gasteiger charge is -2.22. The third-order valence-corrected chi connectivity index (χ3v) is 5.62. The number of ketones is 1. The van der Waals surface area contributed by atoms with Crippen LogP contribution >= 0.6 is 0 Å². The largest absolute Gasteiger partial charge is 0.456 e. The molecule has 2 aromatic carbocycles. The van der Waals surface area contributed by atoms with Gasteiger partial charge in [0.2, 0.25) is 0 Å². The molecule has 4 atom stereocenters. The Labute approximate surface area is 180 Å². The fourth-order valence-corrected chi connectivity index (χ4v) is 3.97. The second-order valence-electron chi connectivity index (χ2n) is 7.53. The van der Waals surface area contributed by atoms with Crippen LogP contribution in [-0.4, -0.2) is 41.4 Å². The fraction of sp³-hybridized carbons (Fsp3) is 0.240. The lowest BCUT2D eigenvalue weighted by Crippen LogP contribution is -2.33. The van der Waals surface area contributed by atoms with Crippen LogP contribution < -0.4 is 0 Å². The van der Waals surface area contributed by atoms with Crippen molar-refractivity contribution < 1.29 is 29.5 Å². The van der Waals surface area contributed by atoms with Crippen LogP contribution in [0, 0.1) is 5.92 Å². The molecule has 6 heteroatoms. The third-order valence-electron chi connectivity index (χ3n) is 5.62. The first-order valence-electron chi connectivity index (χ1n) is 10.0. The normalized spacial score (nSPS) is 25.7. The Kier molecular flexibility index (Phi) is 6.15. The van der Waals surface area contributed by atoms with Gasteiger partial charge >= 0.3 is 0 Å². The quantitative estimate of drug-likeness (QED) is 0.570. The minimum absolute atomic E-state index is 0.428. The van der Waals surface area contributed by atoms with Gasteiger partial charge in [-0.3, -0.25) is 4.79 Å². The second-order valence-corrected chi connectivity index (χ2v) is 7.53. The molecule has 4 rings (SSSR count). The molecular weight excluding hydrogens is 396 g/mol. The number of rotatable bonds is 5. The number of ether oxygens (including phenoxy) is 1. The van der Waals surface area contributed by atoms with Crippen molar-refractivity contribution in [3.8, 4) is 0 Å². The van der Waals surface area contributed by atoms with Gasteiger partial charge in [-0.05, 0) is 24.6 Å². The Hall–Kier alpha value is -3.03. The molecule has 4 unspecified atom stereocenters. The van der Waals surface area contributed by atoms with E-state index in [0.717, 1.165) is 16.7 Å². The number of hydrogen-bond donors (Lipinski definition) is 2. The van der Waals surface area contributed by atoms with E-state index in [2.05, 4.69) is 4.89 Å². The highest BCUT2D eigenvalue weighted by atomic mass is 17.2. The van der Waals surface area contributed by atoms with E-state index < -0.39 is 30.0 Å². The zero-order chi connectivity index (χ0) is 22.0. The monoisotopic (exact) mass is 420 g/mol. The maximum Gasteiger partial charge on any atom is 0.180 e.